The first-order valence-electron chi connectivity index (χ1n) is 16.0. The number of anilines is 1. The molecule has 1 aliphatic rings. The highest BCUT2D eigenvalue weighted by Crippen LogP contribution is 2.27. The molecule has 0 heterocycles. The van der Waals surface area contributed by atoms with Gasteiger partial charge in [0, 0.05) is 43.9 Å². The van der Waals surface area contributed by atoms with Gasteiger partial charge in [0.2, 0.25) is 15.9 Å². The Morgan fingerprint density at radius 1 is 0.896 bits per heavy atom. The third-order valence-electron chi connectivity index (χ3n) is 8.24. The highest BCUT2D eigenvalue weighted by Gasteiger charge is 2.25. The molecule has 1 saturated carbocycles. The molecule has 3 aromatic carbocycles. The van der Waals surface area contributed by atoms with Crippen molar-refractivity contribution in [1.29, 1.82) is 0 Å². The fourth-order valence-electron chi connectivity index (χ4n) is 5.10. The molecule has 0 bridgehead atoms. The van der Waals surface area contributed by atoms with Crippen LogP contribution in [0.15, 0.2) is 66.7 Å². The van der Waals surface area contributed by atoms with Gasteiger partial charge in [0.1, 0.15) is 0 Å². The van der Waals surface area contributed by atoms with Gasteiger partial charge in [0.15, 0.2) is 11.6 Å². The number of hydrogen-bond donors (Lipinski definition) is 4. The number of nitrogens with one attached hydrogen (secondary N) is 4. The zero-order chi connectivity index (χ0) is 34.8. The molecule has 13 heteroatoms. The number of rotatable bonds is 17. The highest BCUT2D eigenvalue weighted by molar-refractivity contribution is 7.92. The van der Waals surface area contributed by atoms with Crippen molar-refractivity contribution >= 4 is 33.4 Å². The zero-order valence-electron chi connectivity index (χ0n) is 27.4. The number of hydrogen-bond acceptors (Lipinski definition) is 6. The van der Waals surface area contributed by atoms with E-state index in [0.29, 0.717) is 30.9 Å². The summed E-state index contributed by atoms with van der Waals surface area (Å²) in [6.45, 7) is 2.92. The Morgan fingerprint density at radius 3 is 2.21 bits per heavy atom. The molecule has 0 saturated heterocycles. The largest absolute Gasteiger partial charge is 0.354 e. The average molecular weight is 684 g/mol. The van der Waals surface area contributed by atoms with E-state index in [0.717, 1.165) is 41.1 Å². The summed E-state index contributed by atoms with van der Waals surface area (Å²) in [5, 5.41) is 12.0. The van der Waals surface area contributed by atoms with Gasteiger partial charge in [0.05, 0.1) is 18.0 Å². The quantitative estimate of drug-likeness (QED) is 0.172. The van der Waals surface area contributed by atoms with Gasteiger partial charge in [-0.25, -0.2) is 17.2 Å². The lowest BCUT2D eigenvalue weighted by Gasteiger charge is -2.24. The second-order valence-electron chi connectivity index (χ2n) is 12.2. The van der Waals surface area contributed by atoms with E-state index in [9.17, 15) is 31.6 Å². The van der Waals surface area contributed by atoms with Crippen LogP contribution < -0.4 is 25.6 Å². The maximum atomic E-state index is 13.8. The number of carbonyl (C=O) groups is 3. The average Bonchev–Trinajstić information content (AvgIpc) is 3.89. The summed E-state index contributed by atoms with van der Waals surface area (Å²) < 4.78 is 52.7. The van der Waals surface area contributed by atoms with Gasteiger partial charge in [0.25, 0.3) is 11.8 Å². The van der Waals surface area contributed by atoms with Gasteiger partial charge in [-0.2, -0.15) is 0 Å². The summed E-state index contributed by atoms with van der Waals surface area (Å²) in [7, 11) is -2.43. The summed E-state index contributed by atoms with van der Waals surface area (Å²) in [5.74, 6) is -2.63. The topological polar surface area (TPSA) is 137 Å². The lowest BCUT2D eigenvalue weighted by Crippen LogP contribution is -2.50. The number of benzene rings is 3. The second kappa shape index (κ2) is 16.6. The van der Waals surface area contributed by atoms with Crippen LogP contribution in [0, 0.1) is 17.6 Å². The van der Waals surface area contributed by atoms with E-state index in [1.165, 1.54) is 31.3 Å². The Morgan fingerprint density at radius 2 is 1.58 bits per heavy atom. The molecule has 1 fully saturated rings. The fraction of sp³-hybridized carbons (Fsp3) is 0.400. The lowest BCUT2D eigenvalue weighted by atomic mass is 10.0. The number of sulfonamides is 1. The summed E-state index contributed by atoms with van der Waals surface area (Å²) in [4.78, 5) is 39.8. The number of carbonyl (C=O) groups excluding carboxylic acids is 3. The van der Waals surface area contributed by atoms with Crippen molar-refractivity contribution in [3.8, 4) is 0 Å². The molecule has 4 rings (SSSR count). The third kappa shape index (κ3) is 10.8. The number of amides is 3. The molecule has 3 aromatic rings. The second-order valence-corrected chi connectivity index (χ2v) is 14.2. The summed E-state index contributed by atoms with van der Waals surface area (Å²) >= 11 is 0. The van der Waals surface area contributed by atoms with E-state index < -0.39 is 45.6 Å². The van der Waals surface area contributed by atoms with Gasteiger partial charge in [-0.3, -0.25) is 18.7 Å². The summed E-state index contributed by atoms with van der Waals surface area (Å²) in [6, 6.07) is 16.2. The molecule has 10 nitrogen and oxygen atoms in total. The maximum Gasteiger partial charge on any atom is 0.251 e. The van der Waals surface area contributed by atoms with Crippen molar-refractivity contribution < 1.29 is 31.6 Å². The predicted octanol–water partition coefficient (Wildman–Crippen LogP) is 3.57. The van der Waals surface area contributed by atoms with E-state index in [1.807, 2.05) is 37.3 Å². The van der Waals surface area contributed by atoms with E-state index >= 15 is 0 Å². The Labute approximate surface area is 280 Å². The standard InChI is InChI=1S/C35H43F2N5O5S/c1-4-32(35(45)40-21-25-10-11-25)39-22-28(16-23-8-6-5-7-9-23)41-34(44)27-18-26(19-29(20-27)42(2)48(3,46)47)33(43)38-15-14-24-12-13-30(36)31(37)17-24/h5-9,12-13,17-20,25,28,32,39H,4,10-11,14-16,21-22H2,1-3H3,(H,38,43)(H,40,45)(H,41,44)/t28-,32-/m0/s1. The third-order valence-corrected chi connectivity index (χ3v) is 9.45. The molecule has 1 aliphatic carbocycles. The molecular formula is C35H43F2N5O5S. The minimum absolute atomic E-state index is 0.0366. The van der Waals surface area contributed by atoms with Crippen molar-refractivity contribution in [2.45, 2.75) is 51.1 Å². The van der Waals surface area contributed by atoms with Crippen LogP contribution in [-0.4, -0.2) is 71.2 Å². The van der Waals surface area contributed by atoms with Crippen LogP contribution in [0.4, 0.5) is 14.5 Å². The van der Waals surface area contributed by atoms with E-state index in [-0.39, 0.29) is 42.2 Å². The van der Waals surface area contributed by atoms with Crippen LogP contribution in [0.2, 0.25) is 0 Å². The maximum absolute atomic E-state index is 13.8. The summed E-state index contributed by atoms with van der Waals surface area (Å²) in [5.41, 5.74) is 1.63. The van der Waals surface area contributed by atoms with Crippen LogP contribution in [-0.2, 0) is 27.7 Å². The summed E-state index contributed by atoms with van der Waals surface area (Å²) in [6.07, 6.45) is 4.46. The van der Waals surface area contributed by atoms with E-state index in [2.05, 4.69) is 21.3 Å². The smallest absolute Gasteiger partial charge is 0.251 e. The molecule has 0 aliphatic heterocycles. The SMILES string of the molecule is CC[C@H](NC[C@H](Cc1ccccc1)NC(=O)c1cc(C(=O)NCCc2ccc(F)c(F)c2)cc(N(C)S(C)(=O)=O)c1)C(=O)NCC1CC1. The van der Waals surface area contributed by atoms with Gasteiger partial charge in [-0.05, 0) is 79.5 Å². The molecule has 0 radical (unpaired) electrons. The van der Waals surface area contributed by atoms with Gasteiger partial charge in [-0.1, -0.05) is 43.3 Å². The normalized spacial score (nSPS) is 14.1. The fourth-order valence-corrected chi connectivity index (χ4v) is 5.59. The zero-order valence-corrected chi connectivity index (χ0v) is 28.2. The number of halogens is 2. The Bertz CT molecular complexity index is 1700. The predicted molar refractivity (Wildman–Crippen MR) is 181 cm³/mol. The monoisotopic (exact) mass is 683 g/mol. The molecule has 0 spiro atoms. The van der Waals surface area contributed by atoms with Crippen molar-refractivity contribution in [3.05, 3.63) is 101 Å². The van der Waals surface area contributed by atoms with Crippen molar-refractivity contribution in [2.24, 2.45) is 5.92 Å². The molecular weight excluding hydrogens is 640 g/mol. The van der Waals surface area contributed by atoms with E-state index in [4.69, 9.17) is 0 Å². The van der Waals surface area contributed by atoms with Crippen molar-refractivity contribution in [2.75, 3.05) is 37.2 Å². The molecule has 2 atom stereocenters. The van der Waals surface area contributed by atoms with Gasteiger partial charge < -0.3 is 21.3 Å². The van der Waals surface area contributed by atoms with Crippen LogP contribution in [0.3, 0.4) is 0 Å². The van der Waals surface area contributed by atoms with Gasteiger partial charge in [-0.15, -0.1) is 0 Å². The van der Waals surface area contributed by atoms with Crippen LogP contribution in [0.1, 0.15) is 58.0 Å². The minimum atomic E-state index is -3.74. The van der Waals surface area contributed by atoms with Crippen LogP contribution in [0.5, 0.6) is 0 Å². The lowest BCUT2D eigenvalue weighted by molar-refractivity contribution is -0.123. The Balaban J connectivity index is 1.52. The van der Waals surface area contributed by atoms with E-state index in [1.54, 1.807) is 0 Å². The molecule has 0 aromatic heterocycles. The molecule has 3 amide bonds. The van der Waals surface area contributed by atoms with Crippen LogP contribution >= 0.6 is 0 Å². The minimum Gasteiger partial charge on any atom is -0.354 e. The molecule has 258 valence electrons. The van der Waals surface area contributed by atoms with Gasteiger partial charge >= 0.3 is 0 Å². The first-order valence-corrected chi connectivity index (χ1v) is 17.9. The Kier molecular flexibility index (Phi) is 12.7. The molecule has 4 N–H and O–H groups in total. The first kappa shape index (κ1) is 36.5. The first-order chi connectivity index (χ1) is 22.8. The molecule has 48 heavy (non-hydrogen) atoms. The Hall–Kier alpha value is -4.36. The van der Waals surface area contributed by atoms with Crippen LogP contribution in [0.25, 0.3) is 0 Å². The molecule has 0 unspecified atom stereocenters. The highest BCUT2D eigenvalue weighted by atomic mass is 32.2. The van der Waals surface area contributed by atoms with Crippen molar-refractivity contribution in [1.82, 2.24) is 21.3 Å². The number of nitrogens with zero attached hydrogens (tertiary/aromatic N) is 1. The van der Waals surface area contributed by atoms with Crippen molar-refractivity contribution in [3.63, 3.8) is 0 Å².